The van der Waals surface area contributed by atoms with Gasteiger partial charge in [-0.3, -0.25) is 9.59 Å². The molecule has 0 spiro atoms. The summed E-state index contributed by atoms with van der Waals surface area (Å²) in [5, 5.41) is 25.5. The second-order valence-corrected chi connectivity index (χ2v) is 22.0. The normalized spacial score (nSPS) is 10.6. The van der Waals surface area contributed by atoms with E-state index in [1.165, 1.54) is 15.6 Å². The molecule has 0 saturated carbocycles. The monoisotopic (exact) mass is 547 g/mol. The molecule has 0 aliphatic carbocycles. The molecule has 0 saturated heterocycles. The Balaban J connectivity index is 0.000000596. The standard InChI is InChI=1S/C11H17N3O2Si.C10H17N3OSi.C3H7NO/c1-17(2,3)5-4-16-9-14-11(7-12)6-10(8-15)13-14;1-15(2,3)7-6-14-9-13-10(8-11)4-5-12-13;1-4(2)3-5/h6,8H,4-5,9H2,1-3H3;4-5H,6-7,9H2,1-3H3;3H,1-2H3. The zero-order chi connectivity index (χ0) is 28.5. The van der Waals surface area contributed by atoms with Gasteiger partial charge >= 0.3 is 0 Å². The van der Waals surface area contributed by atoms with E-state index < -0.39 is 16.1 Å². The summed E-state index contributed by atoms with van der Waals surface area (Å²) in [5.41, 5.74) is 1.15. The van der Waals surface area contributed by atoms with Crippen molar-refractivity contribution in [2.45, 2.75) is 64.8 Å². The Morgan fingerprint density at radius 1 is 0.919 bits per heavy atom. The van der Waals surface area contributed by atoms with Gasteiger partial charge in [0.2, 0.25) is 6.41 Å². The lowest BCUT2D eigenvalue weighted by atomic mass is 10.4. The molecule has 0 radical (unpaired) electrons. The predicted octanol–water partition coefficient (Wildman–Crippen LogP) is 3.65. The van der Waals surface area contributed by atoms with E-state index in [1.54, 1.807) is 31.0 Å². The highest BCUT2D eigenvalue weighted by molar-refractivity contribution is 6.76. The molecule has 0 fully saturated rings. The molecule has 11 nitrogen and oxygen atoms in total. The summed E-state index contributed by atoms with van der Waals surface area (Å²) in [6, 6.07) is 9.38. The summed E-state index contributed by atoms with van der Waals surface area (Å²) in [4.78, 5) is 21.4. The number of hydrogen-bond acceptors (Lipinski definition) is 8. The van der Waals surface area contributed by atoms with Crippen LogP contribution in [0, 0.1) is 22.7 Å². The van der Waals surface area contributed by atoms with Gasteiger partial charge in [-0.2, -0.15) is 20.7 Å². The number of aldehydes is 1. The van der Waals surface area contributed by atoms with E-state index in [4.69, 9.17) is 20.0 Å². The number of hydrogen-bond donors (Lipinski definition) is 0. The zero-order valence-corrected chi connectivity index (χ0v) is 25.4. The molecule has 2 heterocycles. The molecule has 1 amide bonds. The number of rotatable bonds is 12. The molecular formula is C24H41N7O4Si2. The number of carbonyl (C=O) groups is 2. The van der Waals surface area contributed by atoms with E-state index in [0.29, 0.717) is 31.0 Å². The third-order valence-electron chi connectivity index (χ3n) is 4.50. The number of carbonyl (C=O) groups excluding carboxylic acids is 2. The summed E-state index contributed by atoms with van der Waals surface area (Å²) >= 11 is 0. The van der Waals surface area contributed by atoms with Crippen molar-refractivity contribution in [2.24, 2.45) is 0 Å². The van der Waals surface area contributed by atoms with Gasteiger partial charge in [0.1, 0.15) is 42.7 Å². The van der Waals surface area contributed by atoms with E-state index in [9.17, 15) is 9.59 Å². The smallest absolute Gasteiger partial charge is 0.209 e. The molecular weight excluding hydrogens is 506 g/mol. The van der Waals surface area contributed by atoms with E-state index >= 15 is 0 Å². The number of ether oxygens (including phenoxy) is 2. The lowest BCUT2D eigenvalue weighted by Gasteiger charge is -2.15. The van der Waals surface area contributed by atoms with E-state index in [-0.39, 0.29) is 12.4 Å². The van der Waals surface area contributed by atoms with Crippen molar-refractivity contribution in [3.63, 3.8) is 0 Å². The highest BCUT2D eigenvalue weighted by atomic mass is 28.3. The highest BCUT2D eigenvalue weighted by Gasteiger charge is 2.13. The van der Waals surface area contributed by atoms with Crippen LogP contribution in [-0.2, 0) is 27.7 Å². The quantitative estimate of drug-likeness (QED) is 0.223. The van der Waals surface area contributed by atoms with Crippen LogP contribution in [0.1, 0.15) is 21.9 Å². The molecule has 0 atom stereocenters. The van der Waals surface area contributed by atoms with Gasteiger partial charge in [0.25, 0.3) is 0 Å². The summed E-state index contributed by atoms with van der Waals surface area (Å²) in [7, 11) is 1.26. The second-order valence-electron chi connectivity index (χ2n) is 10.8. The number of nitriles is 2. The van der Waals surface area contributed by atoms with Crippen LogP contribution < -0.4 is 0 Å². The fourth-order valence-electron chi connectivity index (χ4n) is 2.27. The Morgan fingerprint density at radius 3 is 1.81 bits per heavy atom. The molecule has 0 bridgehead atoms. The minimum atomic E-state index is -1.09. The lowest BCUT2D eigenvalue weighted by molar-refractivity contribution is -0.115. The molecule has 37 heavy (non-hydrogen) atoms. The van der Waals surface area contributed by atoms with Gasteiger partial charge in [-0.1, -0.05) is 39.3 Å². The molecule has 0 aliphatic rings. The first-order chi connectivity index (χ1) is 17.3. The van der Waals surface area contributed by atoms with Crippen molar-refractivity contribution in [1.82, 2.24) is 24.5 Å². The van der Waals surface area contributed by atoms with Crippen LogP contribution in [0.3, 0.4) is 0 Å². The maximum atomic E-state index is 10.5. The molecule has 2 aromatic heterocycles. The van der Waals surface area contributed by atoms with E-state index in [2.05, 4.69) is 55.5 Å². The SMILES string of the molecule is CN(C)C=O.C[Si](C)(C)CCOCn1nc(C=O)cc1C#N.C[Si](C)(C)CCOCn1nccc1C#N. The van der Waals surface area contributed by atoms with Gasteiger partial charge in [-0.05, 0) is 18.2 Å². The van der Waals surface area contributed by atoms with Crippen LogP contribution >= 0.6 is 0 Å². The Bertz CT molecular complexity index is 1030. The molecule has 0 unspecified atom stereocenters. The van der Waals surface area contributed by atoms with Crippen LogP contribution in [0.5, 0.6) is 0 Å². The Morgan fingerprint density at radius 2 is 1.41 bits per heavy atom. The average Bonchev–Trinajstić information content (AvgIpc) is 3.45. The molecule has 2 aromatic rings. The van der Waals surface area contributed by atoms with E-state index in [0.717, 1.165) is 25.1 Å². The molecule has 13 heteroatoms. The van der Waals surface area contributed by atoms with Crippen molar-refractivity contribution >= 4 is 28.8 Å². The van der Waals surface area contributed by atoms with Crippen LogP contribution in [0.2, 0.25) is 51.4 Å². The van der Waals surface area contributed by atoms with Crippen molar-refractivity contribution in [1.29, 1.82) is 10.5 Å². The van der Waals surface area contributed by atoms with Gasteiger partial charge in [0.05, 0.1) is 6.20 Å². The third-order valence-corrected chi connectivity index (χ3v) is 7.90. The van der Waals surface area contributed by atoms with Crippen LogP contribution in [0.4, 0.5) is 0 Å². The minimum absolute atomic E-state index is 0.223. The molecule has 0 aromatic carbocycles. The summed E-state index contributed by atoms with van der Waals surface area (Å²) in [6.45, 7) is 15.8. The Hall–Kier alpha value is -3.11. The Kier molecular flexibility index (Phi) is 15.9. The first kappa shape index (κ1) is 33.9. The predicted molar refractivity (Wildman–Crippen MR) is 147 cm³/mol. The summed E-state index contributed by atoms with van der Waals surface area (Å²) < 4.78 is 13.9. The van der Waals surface area contributed by atoms with Crippen LogP contribution in [-0.4, -0.2) is 80.6 Å². The van der Waals surface area contributed by atoms with Gasteiger partial charge in [-0.25, -0.2) is 9.36 Å². The molecule has 0 N–H and O–H groups in total. The largest absolute Gasteiger partial charge is 0.359 e. The minimum Gasteiger partial charge on any atom is -0.359 e. The fourth-order valence-corrected chi connectivity index (χ4v) is 3.79. The zero-order valence-electron chi connectivity index (χ0n) is 23.4. The van der Waals surface area contributed by atoms with Crippen molar-refractivity contribution < 1.29 is 19.1 Å². The first-order valence-electron chi connectivity index (χ1n) is 11.9. The summed E-state index contributed by atoms with van der Waals surface area (Å²) in [6.07, 6.45) is 2.99. The molecule has 0 aliphatic heterocycles. The third kappa shape index (κ3) is 17.1. The number of amides is 1. The van der Waals surface area contributed by atoms with Gasteiger partial charge < -0.3 is 14.4 Å². The average molecular weight is 548 g/mol. The van der Waals surface area contributed by atoms with Crippen molar-refractivity contribution in [3.05, 3.63) is 35.4 Å². The Labute approximate surface area is 222 Å². The van der Waals surface area contributed by atoms with Crippen LogP contribution in [0.25, 0.3) is 0 Å². The topological polar surface area (TPSA) is 139 Å². The van der Waals surface area contributed by atoms with Crippen molar-refractivity contribution in [2.75, 3.05) is 27.3 Å². The highest BCUT2D eigenvalue weighted by Crippen LogP contribution is 2.09. The van der Waals surface area contributed by atoms with Crippen LogP contribution in [0.15, 0.2) is 18.3 Å². The van der Waals surface area contributed by atoms with Crippen molar-refractivity contribution in [3.8, 4) is 12.1 Å². The van der Waals surface area contributed by atoms with Gasteiger partial charge in [0, 0.05) is 49.5 Å². The number of aromatic nitrogens is 4. The second kappa shape index (κ2) is 17.4. The number of nitrogens with zero attached hydrogens (tertiary/aromatic N) is 7. The summed E-state index contributed by atoms with van der Waals surface area (Å²) in [5.74, 6) is 0. The van der Waals surface area contributed by atoms with Gasteiger partial charge in [-0.15, -0.1) is 0 Å². The fraction of sp³-hybridized carbons (Fsp3) is 0.583. The first-order valence-corrected chi connectivity index (χ1v) is 19.3. The van der Waals surface area contributed by atoms with E-state index in [1.807, 2.05) is 6.07 Å². The molecule has 2 rings (SSSR count). The van der Waals surface area contributed by atoms with Gasteiger partial charge in [0.15, 0.2) is 6.29 Å². The lowest BCUT2D eigenvalue weighted by Crippen LogP contribution is -2.22. The maximum Gasteiger partial charge on any atom is 0.209 e. The maximum absolute atomic E-state index is 10.5. The molecule has 204 valence electrons.